The molecular weight excluding hydrogens is 681 g/mol. The molecule has 17 heteroatoms. The molecule has 2 aliphatic heterocycles. The van der Waals surface area contributed by atoms with Crippen LogP contribution in [0.1, 0.15) is 56.5 Å². The summed E-state index contributed by atoms with van der Waals surface area (Å²) in [6.45, 7) is 4.00. The maximum Gasteiger partial charge on any atom is 0.522 e. The Balaban J connectivity index is 1.52. The van der Waals surface area contributed by atoms with Crippen LogP contribution in [0.15, 0.2) is 24.3 Å². The third-order valence-electron chi connectivity index (χ3n) is 7.72. The summed E-state index contributed by atoms with van der Waals surface area (Å²) in [4.78, 5) is 41.5. The van der Waals surface area contributed by atoms with Crippen LogP contribution in [0.2, 0.25) is 5.02 Å². The number of alkyl halides is 3. The fourth-order valence-electron chi connectivity index (χ4n) is 5.47. The molecule has 1 saturated heterocycles. The number of nitrogens with one attached hydrogen (secondary N) is 1. The maximum atomic E-state index is 14.1. The molecule has 4 rings (SSSR count). The van der Waals surface area contributed by atoms with Crippen LogP contribution in [-0.2, 0) is 30.2 Å². The van der Waals surface area contributed by atoms with Gasteiger partial charge in [-0.15, -0.1) is 13.2 Å². The normalized spacial score (nSPS) is 20.5. The van der Waals surface area contributed by atoms with Gasteiger partial charge in [-0.05, 0) is 51.3 Å². The van der Waals surface area contributed by atoms with Crippen LogP contribution < -0.4 is 10.1 Å². The second-order valence-corrected chi connectivity index (χ2v) is 12.5. The second kappa shape index (κ2) is 14.5. The van der Waals surface area contributed by atoms with Gasteiger partial charge in [-0.25, -0.2) is 8.78 Å². The highest BCUT2D eigenvalue weighted by Crippen LogP contribution is 2.33. The number of fused-ring (bicyclic) bond motifs is 1. The van der Waals surface area contributed by atoms with E-state index in [0.717, 1.165) is 19.4 Å². The molecule has 2 heterocycles. The average molecular weight is 713 g/mol. The van der Waals surface area contributed by atoms with Gasteiger partial charge in [0, 0.05) is 22.7 Å². The van der Waals surface area contributed by atoms with Crippen LogP contribution in [0, 0.1) is 23.3 Å². The van der Waals surface area contributed by atoms with Crippen molar-refractivity contribution in [2.24, 2.45) is 0 Å². The molecule has 2 aromatic carbocycles. The average Bonchev–Trinajstić information content (AvgIpc) is 3.76. The van der Waals surface area contributed by atoms with E-state index in [4.69, 9.17) is 25.8 Å². The van der Waals surface area contributed by atoms with Gasteiger partial charge in [0.2, 0.25) is 17.5 Å². The second-order valence-electron chi connectivity index (χ2n) is 12.0. The quantitative estimate of drug-likeness (QED) is 0.124. The van der Waals surface area contributed by atoms with Gasteiger partial charge in [-0.3, -0.25) is 19.1 Å². The number of carbonyl (C=O) groups excluding carboxylic acids is 3. The lowest BCUT2D eigenvalue weighted by atomic mass is 9.92. The molecule has 2 amide bonds. The first-order valence-electron chi connectivity index (χ1n) is 14.8. The maximum absolute atomic E-state index is 14.1. The number of nitrogens with zero attached hydrogens (tertiary/aromatic N) is 1. The molecule has 5 atom stereocenters. The zero-order valence-electron chi connectivity index (χ0n) is 26.1. The van der Waals surface area contributed by atoms with Gasteiger partial charge in [-0.1, -0.05) is 24.6 Å². The Kier molecular flexibility index (Phi) is 11.2. The van der Waals surface area contributed by atoms with E-state index in [1.54, 1.807) is 26.0 Å². The van der Waals surface area contributed by atoms with Crippen LogP contribution in [0.5, 0.6) is 5.75 Å². The van der Waals surface area contributed by atoms with Gasteiger partial charge in [-0.2, -0.15) is 8.78 Å². The fourth-order valence-corrected chi connectivity index (χ4v) is 5.64. The largest absolute Gasteiger partial charge is 0.522 e. The molecule has 2 aromatic rings. The van der Waals surface area contributed by atoms with Gasteiger partial charge in [0.25, 0.3) is 5.91 Å². The lowest BCUT2D eigenvalue weighted by molar-refractivity contribution is -0.336. The fraction of sp³-hybridized carbons (Fsp3) is 0.516. The summed E-state index contributed by atoms with van der Waals surface area (Å²) in [7, 11) is 0. The Hall–Kier alpha value is -3.63. The molecule has 264 valence electrons. The van der Waals surface area contributed by atoms with E-state index in [-0.39, 0.29) is 12.5 Å². The summed E-state index contributed by atoms with van der Waals surface area (Å²) in [6, 6.07) is 2.08. The molecule has 1 N–H and O–H groups in total. The highest BCUT2D eigenvalue weighted by Gasteiger charge is 2.49. The van der Waals surface area contributed by atoms with E-state index in [1.807, 2.05) is 0 Å². The molecule has 48 heavy (non-hydrogen) atoms. The minimum absolute atomic E-state index is 0.00233. The van der Waals surface area contributed by atoms with E-state index >= 15 is 0 Å². The minimum Gasteiger partial charge on any atom is -0.485 e. The predicted octanol–water partition coefficient (Wildman–Crippen LogP) is 5.64. The molecule has 2 aliphatic rings. The van der Waals surface area contributed by atoms with Crippen molar-refractivity contribution in [1.82, 2.24) is 10.2 Å². The Labute approximate surface area is 275 Å². The standard InChI is InChI=1S/C31H32ClF7N2O7/c1-5-21(41-14(2)8-15-6-7-16(32)9-17(15)29(41)44)28(43)40-20(11-23(42)48-30(3,4)13-46-31(37,38)39)26-22(47-26)12-45-27-24(35)18(33)10-19(34)25(27)36/h6-7,9-10,14,20-22,26H,5,8,11-13H2,1-4H3,(H,40,43)/t14?,20?,21-,22?,26?/m0/s1. The summed E-state index contributed by atoms with van der Waals surface area (Å²) in [5.41, 5.74) is -0.714. The molecule has 0 bridgehead atoms. The number of hydrogen-bond acceptors (Lipinski definition) is 7. The zero-order chi connectivity index (χ0) is 35.7. The van der Waals surface area contributed by atoms with Gasteiger partial charge in [0.15, 0.2) is 17.4 Å². The summed E-state index contributed by atoms with van der Waals surface area (Å²) in [5.74, 6) is -10.6. The third-order valence-corrected chi connectivity index (χ3v) is 7.96. The monoisotopic (exact) mass is 712 g/mol. The highest BCUT2D eigenvalue weighted by molar-refractivity contribution is 6.31. The number of esters is 1. The Morgan fingerprint density at radius 3 is 2.35 bits per heavy atom. The highest BCUT2D eigenvalue weighted by atomic mass is 35.5. The molecule has 1 fully saturated rings. The van der Waals surface area contributed by atoms with Gasteiger partial charge in [0.1, 0.15) is 30.5 Å². The van der Waals surface area contributed by atoms with E-state index in [9.17, 15) is 45.1 Å². The lowest BCUT2D eigenvalue weighted by Crippen LogP contribution is -2.57. The Bertz CT molecular complexity index is 1530. The van der Waals surface area contributed by atoms with Crippen LogP contribution in [0.4, 0.5) is 30.7 Å². The number of amides is 2. The molecule has 9 nitrogen and oxygen atoms in total. The minimum atomic E-state index is -5.00. The van der Waals surface area contributed by atoms with Crippen LogP contribution in [-0.4, -0.2) is 78.2 Å². The predicted molar refractivity (Wildman–Crippen MR) is 154 cm³/mol. The Morgan fingerprint density at radius 2 is 1.75 bits per heavy atom. The van der Waals surface area contributed by atoms with E-state index < -0.39 is 109 Å². The Morgan fingerprint density at radius 1 is 1.10 bits per heavy atom. The van der Waals surface area contributed by atoms with Crippen LogP contribution in [0.25, 0.3) is 0 Å². The number of epoxide rings is 1. The van der Waals surface area contributed by atoms with Crippen LogP contribution in [0.3, 0.4) is 0 Å². The van der Waals surface area contributed by atoms with Crippen molar-refractivity contribution in [3.63, 3.8) is 0 Å². The number of benzene rings is 2. The summed E-state index contributed by atoms with van der Waals surface area (Å²) < 4.78 is 113. The van der Waals surface area contributed by atoms with E-state index in [2.05, 4.69) is 10.1 Å². The van der Waals surface area contributed by atoms with E-state index in [1.165, 1.54) is 11.0 Å². The molecule has 0 aromatic heterocycles. The zero-order valence-corrected chi connectivity index (χ0v) is 26.8. The number of ether oxygens (including phenoxy) is 4. The summed E-state index contributed by atoms with van der Waals surface area (Å²) in [5, 5.41) is 2.94. The molecule has 0 spiro atoms. The molecule has 0 radical (unpaired) electrons. The summed E-state index contributed by atoms with van der Waals surface area (Å²) in [6.07, 6.45) is -7.29. The number of hydrogen-bond donors (Lipinski definition) is 1. The van der Waals surface area contributed by atoms with E-state index in [0.29, 0.717) is 17.0 Å². The third kappa shape index (κ3) is 8.88. The topological polar surface area (TPSA) is 107 Å². The molecule has 0 aliphatic carbocycles. The molecule has 4 unspecified atom stereocenters. The van der Waals surface area contributed by atoms with Crippen molar-refractivity contribution < 1.29 is 64.1 Å². The van der Waals surface area contributed by atoms with Crippen LogP contribution >= 0.6 is 11.6 Å². The number of rotatable bonds is 13. The van der Waals surface area contributed by atoms with Crippen molar-refractivity contribution in [3.8, 4) is 5.75 Å². The first-order valence-corrected chi connectivity index (χ1v) is 15.1. The molecule has 0 saturated carbocycles. The van der Waals surface area contributed by atoms with Crippen molar-refractivity contribution in [2.45, 2.75) is 89.3 Å². The first-order chi connectivity index (χ1) is 22.3. The van der Waals surface area contributed by atoms with Crippen molar-refractivity contribution in [3.05, 3.63) is 63.7 Å². The van der Waals surface area contributed by atoms with Crippen molar-refractivity contribution in [2.75, 3.05) is 13.2 Å². The van der Waals surface area contributed by atoms with Gasteiger partial charge in [0.05, 0.1) is 19.1 Å². The number of carbonyl (C=O) groups is 3. The smallest absolute Gasteiger partial charge is 0.485 e. The van der Waals surface area contributed by atoms with Gasteiger partial charge < -0.3 is 24.4 Å². The number of halogens is 8. The van der Waals surface area contributed by atoms with Gasteiger partial charge >= 0.3 is 12.3 Å². The van der Waals surface area contributed by atoms with Crippen molar-refractivity contribution >= 4 is 29.4 Å². The summed E-state index contributed by atoms with van der Waals surface area (Å²) >= 11 is 6.10. The first kappa shape index (κ1) is 37.2. The SMILES string of the molecule is CC[C@@H](C(=O)NC(CC(=O)OC(C)(C)COC(F)(F)F)C1OC1COc1c(F)c(F)cc(F)c1F)N1C(=O)c2cc(Cl)ccc2CC1C. The molecular formula is C31H32ClF7N2O7. The lowest BCUT2D eigenvalue weighted by Gasteiger charge is -2.39. The van der Waals surface area contributed by atoms with Crippen molar-refractivity contribution in [1.29, 1.82) is 0 Å².